The van der Waals surface area contributed by atoms with Crippen LogP contribution in [0.2, 0.25) is 0 Å². The van der Waals surface area contributed by atoms with E-state index in [1.807, 2.05) is 49.4 Å². The minimum absolute atomic E-state index is 0.204. The number of benzene rings is 2. The number of alkyl halides is 1. The first-order valence-electron chi connectivity index (χ1n) is 8.35. The molecule has 2 heterocycles. The average molecular weight is 344 g/mol. The minimum Gasteiger partial charge on any atom is -0.457 e. The molecule has 128 valence electrons. The smallest absolute Gasteiger partial charge is 0.221 e. The van der Waals surface area contributed by atoms with Gasteiger partial charge in [0.1, 0.15) is 12.1 Å². The normalized spacial score (nSPS) is 13.3. The zero-order chi connectivity index (χ0) is 18.0. The van der Waals surface area contributed by atoms with Crippen molar-refractivity contribution in [3.8, 4) is 11.3 Å². The second-order valence-corrected chi connectivity index (χ2v) is 6.18. The second kappa shape index (κ2) is 6.56. The van der Waals surface area contributed by atoms with E-state index in [9.17, 15) is 0 Å². The molecule has 0 bridgehead atoms. The lowest BCUT2D eigenvalue weighted by Gasteiger charge is -2.24. The summed E-state index contributed by atoms with van der Waals surface area (Å²) in [7, 11) is 0. The van der Waals surface area contributed by atoms with E-state index in [-0.39, 0.29) is 5.76 Å². The molecule has 1 atom stereocenters. The summed E-state index contributed by atoms with van der Waals surface area (Å²) >= 11 is 0. The molecule has 2 aromatic carbocycles. The van der Waals surface area contributed by atoms with Crippen molar-refractivity contribution in [3.63, 3.8) is 0 Å². The fourth-order valence-corrected chi connectivity index (χ4v) is 2.99. The van der Waals surface area contributed by atoms with Crippen LogP contribution in [0.1, 0.15) is 22.5 Å². The maximum absolute atomic E-state index is 16.5. The molecule has 0 aliphatic rings. The molecule has 0 fully saturated rings. The summed E-state index contributed by atoms with van der Waals surface area (Å²) in [5.74, 6) is 0.821. The molecule has 3 nitrogen and oxygen atoms in total. The lowest BCUT2D eigenvalue weighted by molar-refractivity contribution is 0.232. The van der Waals surface area contributed by atoms with Crippen molar-refractivity contribution in [2.45, 2.75) is 12.6 Å². The number of hydrogen-bond acceptors (Lipinski definition) is 3. The number of halogens is 1. The molecule has 0 N–H and O–H groups in total. The highest BCUT2D eigenvalue weighted by molar-refractivity contribution is 5.58. The highest BCUT2D eigenvalue weighted by Gasteiger charge is 2.40. The molecule has 26 heavy (non-hydrogen) atoms. The summed E-state index contributed by atoms with van der Waals surface area (Å²) in [4.78, 5) is 7.98. The van der Waals surface area contributed by atoms with Gasteiger partial charge in [0.2, 0.25) is 5.67 Å². The molecule has 0 saturated heterocycles. The molecule has 4 aromatic rings. The van der Waals surface area contributed by atoms with Gasteiger partial charge in [-0.1, -0.05) is 60.2 Å². The third-order valence-electron chi connectivity index (χ3n) is 4.41. The summed E-state index contributed by atoms with van der Waals surface area (Å²) in [5.41, 5.74) is 0.797. The number of rotatable bonds is 4. The SMILES string of the molecule is Cc1ccc(C(F)(c2cncnc2)c2ccc(-c3ccccc3)o2)cc1. The molecule has 0 aliphatic carbocycles. The zero-order valence-electron chi connectivity index (χ0n) is 14.3. The Hall–Kier alpha value is -3.27. The van der Waals surface area contributed by atoms with E-state index in [2.05, 4.69) is 9.97 Å². The third kappa shape index (κ3) is 2.80. The summed E-state index contributed by atoms with van der Waals surface area (Å²) in [5, 5.41) is 0. The van der Waals surface area contributed by atoms with Gasteiger partial charge in [0, 0.05) is 29.1 Å². The zero-order valence-corrected chi connectivity index (χ0v) is 14.3. The van der Waals surface area contributed by atoms with E-state index in [0.717, 1.165) is 11.1 Å². The molecule has 0 amide bonds. The van der Waals surface area contributed by atoms with Crippen molar-refractivity contribution in [1.82, 2.24) is 9.97 Å². The number of furan rings is 1. The van der Waals surface area contributed by atoms with Gasteiger partial charge in [0.15, 0.2) is 5.76 Å². The summed E-state index contributed by atoms with van der Waals surface area (Å²) in [6.07, 6.45) is 4.35. The summed E-state index contributed by atoms with van der Waals surface area (Å²) in [6.45, 7) is 1.97. The predicted molar refractivity (Wildman–Crippen MR) is 98.3 cm³/mol. The highest BCUT2D eigenvalue weighted by Crippen LogP contribution is 2.42. The minimum atomic E-state index is -1.97. The largest absolute Gasteiger partial charge is 0.457 e. The Bertz CT molecular complexity index is 997. The monoisotopic (exact) mass is 344 g/mol. The fraction of sp³-hybridized carbons (Fsp3) is 0.0909. The van der Waals surface area contributed by atoms with E-state index in [4.69, 9.17) is 4.42 Å². The summed E-state index contributed by atoms with van der Waals surface area (Å²) < 4.78 is 22.4. The number of aryl methyl sites for hydroxylation is 1. The quantitative estimate of drug-likeness (QED) is 0.504. The lowest BCUT2D eigenvalue weighted by atomic mass is 9.87. The van der Waals surface area contributed by atoms with E-state index in [1.165, 1.54) is 18.7 Å². The predicted octanol–water partition coefficient (Wildman–Crippen LogP) is 5.31. The van der Waals surface area contributed by atoms with Gasteiger partial charge < -0.3 is 4.42 Å². The Kier molecular flexibility index (Phi) is 4.09. The van der Waals surface area contributed by atoms with Crippen LogP contribution in [-0.4, -0.2) is 9.97 Å². The molecule has 0 spiro atoms. The van der Waals surface area contributed by atoms with E-state index in [0.29, 0.717) is 16.9 Å². The molecule has 4 heteroatoms. The molecule has 0 radical (unpaired) electrons. The number of hydrogen-bond donors (Lipinski definition) is 0. The van der Waals surface area contributed by atoms with Crippen LogP contribution in [0, 0.1) is 6.92 Å². The summed E-state index contributed by atoms with van der Waals surface area (Å²) in [6, 6.07) is 20.4. The van der Waals surface area contributed by atoms with Crippen molar-refractivity contribution in [1.29, 1.82) is 0 Å². The van der Waals surface area contributed by atoms with Gasteiger partial charge in [0.25, 0.3) is 0 Å². The Balaban J connectivity index is 1.87. The van der Waals surface area contributed by atoms with Gasteiger partial charge >= 0.3 is 0 Å². The van der Waals surface area contributed by atoms with Crippen LogP contribution < -0.4 is 0 Å². The molecule has 1 unspecified atom stereocenters. The van der Waals surface area contributed by atoms with Crippen LogP contribution >= 0.6 is 0 Å². The Morgan fingerprint density at radius 1 is 0.808 bits per heavy atom. The van der Waals surface area contributed by atoms with Crippen molar-refractivity contribution in [3.05, 3.63) is 108 Å². The maximum atomic E-state index is 16.5. The number of nitrogens with zero attached hydrogens (tertiary/aromatic N) is 2. The van der Waals surface area contributed by atoms with Crippen molar-refractivity contribution in [2.24, 2.45) is 0 Å². The van der Waals surface area contributed by atoms with Crippen LogP contribution in [0.3, 0.4) is 0 Å². The Morgan fingerprint density at radius 2 is 1.50 bits per heavy atom. The topological polar surface area (TPSA) is 38.9 Å². The molecule has 2 aromatic heterocycles. The van der Waals surface area contributed by atoms with E-state index >= 15 is 4.39 Å². The first-order valence-corrected chi connectivity index (χ1v) is 8.35. The van der Waals surface area contributed by atoms with Gasteiger partial charge in [0.05, 0.1) is 0 Å². The van der Waals surface area contributed by atoms with Crippen LogP contribution in [0.15, 0.2) is 89.9 Å². The van der Waals surface area contributed by atoms with E-state index in [1.54, 1.807) is 24.3 Å². The number of aromatic nitrogens is 2. The molecular formula is C22H17FN2O. The van der Waals surface area contributed by atoms with Gasteiger partial charge in [-0.3, -0.25) is 0 Å². The average Bonchev–Trinajstić information content (AvgIpc) is 3.20. The van der Waals surface area contributed by atoms with Crippen molar-refractivity contribution < 1.29 is 8.81 Å². The Morgan fingerprint density at radius 3 is 2.19 bits per heavy atom. The van der Waals surface area contributed by atoms with Gasteiger partial charge in [-0.2, -0.15) is 0 Å². The van der Waals surface area contributed by atoms with Gasteiger partial charge in [-0.25, -0.2) is 14.4 Å². The first-order chi connectivity index (χ1) is 12.7. The molecule has 4 rings (SSSR count). The third-order valence-corrected chi connectivity index (χ3v) is 4.41. The fourth-order valence-electron chi connectivity index (χ4n) is 2.99. The van der Waals surface area contributed by atoms with Crippen LogP contribution in [-0.2, 0) is 5.67 Å². The van der Waals surface area contributed by atoms with Crippen molar-refractivity contribution >= 4 is 0 Å². The lowest BCUT2D eigenvalue weighted by Crippen LogP contribution is -2.23. The highest BCUT2D eigenvalue weighted by atomic mass is 19.1. The van der Waals surface area contributed by atoms with Gasteiger partial charge in [-0.15, -0.1) is 0 Å². The molecular weight excluding hydrogens is 327 g/mol. The molecule has 0 saturated carbocycles. The van der Waals surface area contributed by atoms with Crippen LogP contribution in [0.4, 0.5) is 4.39 Å². The van der Waals surface area contributed by atoms with Crippen LogP contribution in [0.5, 0.6) is 0 Å². The van der Waals surface area contributed by atoms with Gasteiger partial charge in [-0.05, 0) is 19.1 Å². The standard InChI is InChI=1S/C22H17FN2O/c1-16-7-9-18(10-8-16)22(23,19-13-24-15-25-14-19)21-12-11-20(26-21)17-5-3-2-4-6-17/h2-15H,1H3. The maximum Gasteiger partial charge on any atom is 0.221 e. The second-order valence-electron chi connectivity index (χ2n) is 6.18. The van der Waals surface area contributed by atoms with E-state index < -0.39 is 5.67 Å². The molecule has 0 aliphatic heterocycles. The van der Waals surface area contributed by atoms with Crippen molar-refractivity contribution in [2.75, 3.05) is 0 Å². The first kappa shape index (κ1) is 16.2. The van der Waals surface area contributed by atoms with Crippen LogP contribution in [0.25, 0.3) is 11.3 Å². The Labute approximate surface area is 151 Å².